The Hall–Kier alpha value is -1.39. The van der Waals surface area contributed by atoms with Crippen LogP contribution >= 0.6 is 22.9 Å². The van der Waals surface area contributed by atoms with Crippen LogP contribution in [0.5, 0.6) is 0 Å². The molecule has 0 radical (unpaired) electrons. The Labute approximate surface area is 120 Å². The lowest BCUT2D eigenvalue weighted by atomic mass is 10.3. The molecule has 0 amide bonds. The smallest absolute Gasteiger partial charge is 0.106 e. The van der Waals surface area contributed by atoms with Crippen LogP contribution in [-0.4, -0.2) is 14.5 Å². The summed E-state index contributed by atoms with van der Waals surface area (Å²) in [5.41, 5.74) is 3.21. The second-order valence-corrected chi connectivity index (χ2v) is 5.63. The highest BCUT2D eigenvalue weighted by molar-refractivity contribution is 7.09. The van der Waals surface area contributed by atoms with E-state index in [4.69, 9.17) is 11.6 Å². The van der Waals surface area contributed by atoms with E-state index in [2.05, 4.69) is 26.7 Å². The molecule has 3 rings (SSSR count). The fourth-order valence-corrected chi connectivity index (χ4v) is 3.23. The third kappa shape index (κ3) is 2.51. The summed E-state index contributed by atoms with van der Waals surface area (Å²) in [5, 5.41) is 3.16. The lowest BCUT2D eigenvalue weighted by Crippen LogP contribution is -2.03. The van der Waals surface area contributed by atoms with Gasteiger partial charge in [0.05, 0.1) is 27.6 Å². The molecule has 0 aliphatic carbocycles. The number of hydrogen-bond donors (Lipinski definition) is 0. The van der Waals surface area contributed by atoms with Gasteiger partial charge in [0.25, 0.3) is 0 Å². The van der Waals surface area contributed by atoms with Crippen LogP contribution in [0, 0.1) is 6.92 Å². The lowest BCUT2D eigenvalue weighted by molar-refractivity contribution is 0.689. The molecule has 98 valence electrons. The second kappa shape index (κ2) is 5.31. The quantitative estimate of drug-likeness (QED) is 0.685. The van der Waals surface area contributed by atoms with E-state index in [-0.39, 0.29) is 0 Å². The number of imidazole rings is 1. The maximum Gasteiger partial charge on any atom is 0.106 e. The molecule has 0 saturated carbocycles. The molecule has 0 fully saturated rings. The molecule has 5 heteroatoms. The number of nitrogens with zero attached hydrogens (tertiary/aromatic N) is 3. The predicted octanol–water partition coefficient (Wildman–Crippen LogP) is 3.78. The third-order valence-electron chi connectivity index (χ3n) is 3.13. The van der Waals surface area contributed by atoms with E-state index in [1.807, 2.05) is 24.4 Å². The highest BCUT2D eigenvalue weighted by atomic mass is 35.5. The summed E-state index contributed by atoms with van der Waals surface area (Å²) < 4.78 is 2.25. The Kier molecular flexibility index (Phi) is 3.53. The summed E-state index contributed by atoms with van der Waals surface area (Å²) in [6.45, 7) is 2.95. The molecule has 0 aliphatic rings. The van der Waals surface area contributed by atoms with Gasteiger partial charge in [0.15, 0.2) is 0 Å². The van der Waals surface area contributed by atoms with E-state index >= 15 is 0 Å². The topological polar surface area (TPSA) is 30.7 Å². The second-order valence-electron chi connectivity index (χ2n) is 4.42. The first-order chi connectivity index (χ1) is 9.28. The molecule has 0 unspecified atom stereocenters. The monoisotopic (exact) mass is 291 g/mol. The number of benzene rings is 1. The first-order valence-corrected chi connectivity index (χ1v) is 7.60. The van der Waals surface area contributed by atoms with Gasteiger partial charge in [-0.3, -0.25) is 0 Å². The van der Waals surface area contributed by atoms with Gasteiger partial charge >= 0.3 is 0 Å². The number of hydrogen-bond acceptors (Lipinski definition) is 3. The van der Waals surface area contributed by atoms with Crippen LogP contribution in [0.2, 0.25) is 0 Å². The van der Waals surface area contributed by atoms with E-state index in [1.165, 1.54) is 5.52 Å². The minimum Gasteiger partial charge on any atom is -0.328 e. The number of para-hydroxylation sites is 2. The molecule has 3 aromatic rings. The normalized spacial score (nSPS) is 11.3. The first-order valence-electron chi connectivity index (χ1n) is 6.19. The molecule has 0 aliphatic heterocycles. The van der Waals surface area contributed by atoms with Crippen LogP contribution in [0.15, 0.2) is 29.6 Å². The van der Waals surface area contributed by atoms with Gasteiger partial charge in [0.2, 0.25) is 0 Å². The van der Waals surface area contributed by atoms with Crippen molar-refractivity contribution in [1.82, 2.24) is 14.5 Å². The van der Waals surface area contributed by atoms with Gasteiger partial charge in [-0.1, -0.05) is 12.1 Å². The van der Waals surface area contributed by atoms with Crippen molar-refractivity contribution >= 4 is 34.0 Å². The van der Waals surface area contributed by atoms with Crippen molar-refractivity contribution in [3.8, 4) is 0 Å². The molecule has 1 aromatic carbocycles. The van der Waals surface area contributed by atoms with E-state index in [1.54, 1.807) is 11.3 Å². The van der Waals surface area contributed by atoms with Crippen LogP contribution in [-0.2, 0) is 18.8 Å². The minimum atomic E-state index is 0.490. The Bertz CT molecular complexity index is 702. The molecule has 0 atom stereocenters. The fraction of sp³-hybridized carbons (Fsp3) is 0.286. The van der Waals surface area contributed by atoms with Gasteiger partial charge in [-0.2, -0.15) is 0 Å². The Morgan fingerprint density at radius 1 is 1.26 bits per heavy atom. The number of aromatic nitrogens is 3. The zero-order chi connectivity index (χ0) is 13.2. The largest absolute Gasteiger partial charge is 0.328 e. The van der Waals surface area contributed by atoms with Crippen LogP contribution < -0.4 is 0 Å². The van der Waals surface area contributed by atoms with Gasteiger partial charge in [-0.25, -0.2) is 9.97 Å². The molecule has 0 bridgehead atoms. The highest BCUT2D eigenvalue weighted by Crippen LogP contribution is 2.18. The molecule has 0 N–H and O–H groups in total. The summed E-state index contributed by atoms with van der Waals surface area (Å²) in [6, 6.07) is 8.23. The van der Waals surface area contributed by atoms with Crippen molar-refractivity contribution in [2.24, 2.45) is 0 Å². The minimum absolute atomic E-state index is 0.490. The summed E-state index contributed by atoms with van der Waals surface area (Å²) in [4.78, 5) is 9.06. The molecule has 2 aromatic heterocycles. The Balaban J connectivity index is 1.83. The van der Waals surface area contributed by atoms with E-state index < -0.39 is 0 Å². The number of aryl methyl sites for hydroxylation is 3. The van der Waals surface area contributed by atoms with E-state index in [9.17, 15) is 0 Å². The predicted molar refractivity (Wildman–Crippen MR) is 79.8 cm³/mol. The van der Waals surface area contributed by atoms with Crippen molar-refractivity contribution in [3.05, 3.63) is 46.2 Å². The average molecular weight is 292 g/mol. The highest BCUT2D eigenvalue weighted by Gasteiger charge is 2.08. The van der Waals surface area contributed by atoms with Gasteiger partial charge in [0, 0.05) is 18.3 Å². The fourth-order valence-electron chi connectivity index (χ4n) is 2.21. The molecule has 0 saturated heterocycles. The Morgan fingerprint density at radius 2 is 2.11 bits per heavy atom. The summed E-state index contributed by atoms with van der Waals surface area (Å²) in [5.74, 6) is 1.54. The van der Waals surface area contributed by atoms with E-state index in [0.29, 0.717) is 5.88 Å². The molecule has 19 heavy (non-hydrogen) atoms. The maximum absolute atomic E-state index is 5.77. The van der Waals surface area contributed by atoms with Crippen LogP contribution in [0.1, 0.15) is 16.5 Å². The lowest BCUT2D eigenvalue weighted by Gasteiger charge is -2.04. The van der Waals surface area contributed by atoms with Gasteiger partial charge < -0.3 is 4.57 Å². The van der Waals surface area contributed by atoms with Crippen LogP contribution in [0.25, 0.3) is 11.0 Å². The standard InChI is InChI=1S/C14H14ClN3S/c1-10-16-12-4-2-3-5-13(12)18(10)7-6-14-17-11(8-15)9-19-14/h2-5,9H,6-8H2,1H3. The summed E-state index contributed by atoms with van der Waals surface area (Å²) >= 11 is 7.45. The number of halogens is 1. The number of alkyl halides is 1. The van der Waals surface area contributed by atoms with Crippen molar-refractivity contribution in [3.63, 3.8) is 0 Å². The summed E-state index contributed by atoms with van der Waals surface area (Å²) in [7, 11) is 0. The van der Waals surface area contributed by atoms with Crippen molar-refractivity contribution in [2.45, 2.75) is 25.8 Å². The molecular weight excluding hydrogens is 278 g/mol. The zero-order valence-electron chi connectivity index (χ0n) is 10.6. The first kappa shape index (κ1) is 12.6. The molecule has 3 nitrogen and oxygen atoms in total. The number of rotatable bonds is 4. The Morgan fingerprint density at radius 3 is 2.89 bits per heavy atom. The van der Waals surface area contributed by atoms with Crippen molar-refractivity contribution in [2.75, 3.05) is 0 Å². The SMILES string of the molecule is Cc1nc2ccccc2n1CCc1nc(CCl)cs1. The zero-order valence-corrected chi connectivity index (χ0v) is 12.2. The average Bonchev–Trinajstić information content (AvgIpc) is 3.00. The number of thiazole rings is 1. The van der Waals surface area contributed by atoms with Gasteiger partial charge in [-0.05, 0) is 19.1 Å². The van der Waals surface area contributed by atoms with Crippen LogP contribution in [0.3, 0.4) is 0 Å². The molecular formula is C14H14ClN3S. The number of fused-ring (bicyclic) bond motifs is 1. The maximum atomic E-state index is 5.77. The summed E-state index contributed by atoms with van der Waals surface area (Å²) in [6.07, 6.45) is 0.919. The van der Waals surface area contributed by atoms with Crippen LogP contribution in [0.4, 0.5) is 0 Å². The molecule has 2 heterocycles. The molecule has 0 spiro atoms. The third-order valence-corrected chi connectivity index (χ3v) is 4.36. The van der Waals surface area contributed by atoms with E-state index in [0.717, 1.165) is 35.0 Å². The van der Waals surface area contributed by atoms with Gasteiger partial charge in [0.1, 0.15) is 5.82 Å². The van der Waals surface area contributed by atoms with Gasteiger partial charge in [-0.15, -0.1) is 22.9 Å². The van der Waals surface area contributed by atoms with Crippen molar-refractivity contribution < 1.29 is 0 Å². The van der Waals surface area contributed by atoms with Crippen molar-refractivity contribution in [1.29, 1.82) is 0 Å².